The van der Waals surface area contributed by atoms with Crippen LogP contribution in [0.5, 0.6) is 0 Å². The fourth-order valence-corrected chi connectivity index (χ4v) is 3.84. The number of fused-ring (bicyclic) bond motifs is 1. The van der Waals surface area contributed by atoms with Gasteiger partial charge < -0.3 is 21.5 Å². The van der Waals surface area contributed by atoms with Crippen molar-refractivity contribution < 1.29 is 9.90 Å². The molecule has 30 heavy (non-hydrogen) atoms. The molecule has 7 heteroatoms. The van der Waals surface area contributed by atoms with Crippen LogP contribution in [0, 0.1) is 0 Å². The van der Waals surface area contributed by atoms with Gasteiger partial charge in [-0.15, -0.1) is 0 Å². The number of hydrogen-bond donors (Lipinski definition) is 4. The molecule has 2 aromatic carbocycles. The molecule has 156 valence electrons. The molecule has 0 aliphatic heterocycles. The summed E-state index contributed by atoms with van der Waals surface area (Å²) in [6.07, 6.45) is 4.93. The van der Waals surface area contributed by atoms with E-state index in [1.807, 2.05) is 36.4 Å². The molecule has 1 aromatic heterocycles. The summed E-state index contributed by atoms with van der Waals surface area (Å²) < 4.78 is 0. The molecule has 7 nitrogen and oxygen atoms in total. The number of amides is 1. The molecule has 0 spiro atoms. The second-order valence-electron chi connectivity index (χ2n) is 7.79. The maximum Gasteiger partial charge on any atom is 0.251 e. The van der Waals surface area contributed by atoms with Crippen molar-refractivity contribution in [2.75, 3.05) is 11.9 Å². The van der Waals surface area contributed by atoms with Crippen LogP contribution in [-0.2, 0) is 0 Å². The number of aromatic nitrogens is 2. The smallest absolute Gasteiger partial charge is 0.251 e. The summed E-state index contributed by atoms with van der Waals surface area (Å²) in [5.74, 6) is 0.358. The molecule has 1 aliphatic carbocycles. The van der Waals surface area contributed by atoms with Gasteiger partial charge in [-0.05, 0) is 43.4 Å². The van der Waals surface area contributed by atoms with Crippen LogP contribution >= 0.6 is 0 Å². The van der Waals surface area contributed by atoms with Gasteiger partial charge in [-0.1, -0.05) is 36.4 Å². The molecule has 1 amide bonds. The number of nitrogens with zero attached hydrogens (tertiary/aromatic N) is 2. The lowest BCUT2D eigenvalue weighted by atomic mass is 9.93. The normalized spacial score (nSPS) is 19.9. The van der Waals surface area contributed by atoms with Gasteiger partial charge in [0.2, 0.25) is 5.95 Å². The van der Waals surface area contributed by atoms with Crippen LogP contribution in [0.15, 0.2) is 54.7 Å². The molecule has 0 radical (unpaired) electrons. The van der Waals surface area contributed by atoms with Gasteiger partial charge in [-0.25, -0.2) is 9.97 Å². The molecule has 4 rings (SSSR count). The van der Waals surface area contributed by atoms with Crippen LogP contribution in [0.2, 0.25) is 0 Å². The minimum absolute atomic E-state index is 0.189. The Morgan fingerprint density at radius 2 is 1.90 bits per heavy atom. The number of nitrogens with two attached hydrogens (primary N) is 1. The zero-order valence-corrected chi connectivity index (χ0v) is 16.8. The van der Waals surface area contributed by atoms with Crippen molar-refractivity contribution in [2.24, 2.45) is 5.73 Å². The summed E-state index contributed by atoms with van der Waals surface area (Å²) in [7, 11) is 0. The van der Waals surface area contributed by atoms with Crippen LogP contribution in [0.1, 0.15) is 47.6 Å². The van der Waals surface area contributed by atoms with Crippen LogP contribution in [-0.4, -0.2) is 39.7 Å². The van der Waals surface area contributed by atoms with E-state index in [0.29, 0.717) is 23.6 Å². The van der Waals surface area contributed by atoms with Crippen LogP contribution < -0.4 is 16.4 Å². The van der Waals surface area contributed by atoms with Gasteiger partial charge in [-0.2, -0.15) is 0 Å². The topological polar surface area (TPSA) is 113 Å². The van der Waals surface area contributed by atoms with Crippen molar-refractivity contribution in [3.8, 4) is 0 Å². The van der Waals surface area contributed by atoms with E-state index in [4.69, 9.17) is 5.73 Å². The third kappa shape index (κ3) is 4.75. The zero-order chi connectivity index (χ0) is 20.9. The van der Waals surface area contributed by atoms with Gasteiger partial charge in [0.1, 0.15) is 0 Å². The molecule has 0 saturated heterocycles. The number of rotatable bonds is 6. The summed E-state index contributed by atoms with van der Waals surface area (Å²) in [5, 5.41) is 16.9. The Hall–Kier alpha value is -3.03. The molecule has 0 bridgehead atoms. The van der Waals surface area contributed by atoms with E-state index >= 15 is 0 Å². The van der Waals surface area contributed by atoms with E-state index in [2.05, 4.69) is 20.6 Å². The second-order valence-corrected chi connectivity index (χ2v) is 7.79. The Labute approximate surface area is 175 Å². The van der Waals surface area contributed by atoms with E-state index in [-0.39, 0.29) is 24.1 Å². The van der Waals surface area contributed by atoms with Crippen molar-refractivity contribution in [2.45, 2.75) is 43.9 Å². The number of hydrogen-bond acceptors (Lipinski definition) is 6. The largest absolute Gasteiger partial charge is 0.393 e. The number of anilines is 1. The van der Waals surface area contributed by atoms with E-state index in [0.717, 1.165) is 36.6 Å². The van der Waals surface area contributed by atoms with Crippen molar-refractivity contribution in [1.29, 1.82) is 0 Å². The van der Waals surface area contributed by atoms with Gasteiger partial charge in [0, 0.05) is 29.7 Å². The molecule has 1 fully saturated rings. The van der Waals surface area contributed by atoms with Crippen LogP contribution in [0.25, 0.3) is 10.9 Å². The van der Waals surface area contributed by atoms with Crippen molar-refractivity contribution in [3.63, 3.8) is 0 Å². The Kier molecular flexibility index (Phi) is 6.21. The van der Waals surface area contributed by atoms with Crippen molar-refractivity contribution in [3.05, 3.63) is 65.9 Å². The van der Waals surface area contributed by atoms with Gasteiger partial charge >= 0.3 is 0 Å². The average Bonchev–Trinajstić information content (AvgIpc) is 2.79. The van der Waals surface area contributed by atoms with Crippen molar-refractivity contribution >= 4 is 22.8 Å². The average molecular weight is 406 g/mol. The number of carbonyl (C=O) groups excluding carboxylic acids is 1. The molecular formula is C23H27N5O2. The Morgan fingerprint density at radius 1 is 1.13 bits per heavy atom. The predicted octanol–water partition coefficient (Wildman–Crippen LogP) is 2.78. The Balaban J connectivity index is 1.49. The van der Waals surface area contributed by atoms with Crippen molar-refractivity contribution in [1.82, 2.24) is 15.3 Å². The molecule has 0 unspecified atom stereocenters. The molecule has 1 atom stereocenters. The minimum Gasteiger partial charge on any atom is -0.393 e. The Morgan fingerprint density at radius 3 is 2.63 bits per heavy atom. The highest BCUT2D eigenvalue weighted by atomic mass is 16.3. The van der Waals surface area contributed by atoms with E-state index in [9.17, 15) is 9.90 Å². The van der Waals surface area contributed by atoms with Crippen LogP contribution in [0.3, 0.4) is 0 Å². The van der Waals surface area contributed by atoms with E-state index in [1.54, 1.807) is 18.3 Å². The predicted molar refractivity (Wildman–Crippen MR) is 117 cm³/mol. The fraction of sp³-hybridized carbons (Fsp3) is 0.348. The second kappa shape index (κ2) is 9.19. The molecule has 1 heterocycles. The zero-order valence-electron chi connectivity index (χ0n) is 16.8. The fourth-order valence-electron chi connectivity index (χ4n) is 3.84. The van der Waals surface area contributed by atoms with Gasteiger partial charge in [0.15, 0.2) is 0 Å². The first-order chi connectivity index (χ1) is 14.6. The minimum atomic E-state index is -0.251. The quantitative estimate of drug-likeness (QED) is 0.502. The van der Waals surface area contributed by atoms with Gasteiger partial charge in [0.25, 0.3) is 5.91 Å². The summed E-state index contributed by atoms with van der Waals surface area (Å²) in [6, 6.07) is 15.1. The molecule has 3 aromatic rings. The standard InChI is InChI=1S/C23H27N5O2/c24-13-21(15-4-2-1-3-5-15)27-22(30)16-6-7-17-14-25-23(28-20(17)12-16)26-18-8-10-19(29)11-9-18/h1-7,12,14,18-19,21,29H,8-11,13,24H2,(H,27,30)(H,25,26,28)/t18-,19-,21-/m1/s1. The van der Waals surface area contributed by atoms with E-state index < -0.39 is 0 Å². The van der Waals surface area contributed by atoms with Gasteiger partial charge in [0.05, 0.1) is 17.7 Å². The molecule has 1 aliphatic rings. The van der Waals surface area contributed by atoms with Gasteiger partial charge in [-0.3, -0.25) is 4.79 Å². The maximum atomic E-state index is 12.8. The Bertz CT molecular complexity index is 1000. The first-order valence-corrected chi connectivity index (χ1v) is 10.4. The third-order valence-electron chi connectivity index (χ3n) is 5.62. The lowest BCUT2D eigenvalue weighted by molar-refractivity contribution is 0.0938. The highest BCUT2D eigenvalue weighted by Gasteiger charge is 2.20. The number of benzene rings is 2. The maximum absolute atomic E-state index is 12.8. The van der Waals surface area contributed by atoms with E-state index in [1.165, 1.54) is 0 Å². The third-order valence-corrected chi connectivity index (χ3v) is 5.62. The highest BCUT2D eigenvalue weighted by molar-refractivity contribution is 5.98. The number of nitrogens with one attached hydrogen (secondary N) is 2. The summed E-state index contributed by atoms with van der Waals surface area (Å²) in [4.78, 5) is 21.8. The number of aliphatic hydroxyl groups is 1. The first-order valence-electron chi connectivity index (χ1n) is 10.4. The van der Waals surface area contributed by atoms with Crippen LogP contribution in [0.4, 0.5) is 5.95 Å². The first kappa shape index (κ1) is 20.3. The monoisotopic (exact) mass is 405 g/mol. The number of aliphatic hydroxyl groups excluding tert-OH is 1. The number of carbonyl (C=O) groups is 1. The molecule has 1 saturated carbocycles. The summed E-state index contributed by atoms with van der Waals surface area (Å²) in [5.41, 5.74) is 8.09. The summed E-state index contributed by atoms with van der Waals surface area (Å²) >= 11 is 0. The summed E-state index contributed by atoms with van der Waals surface area (Å²) in [6.45, 7) is 0.315. The lowest BCUT2D eigenvalue weighted by Gasteiger charge is -2.26. The molecular weight excluding hydrogens is 378 g/mol. The SMILES string of the molecule is NC[C@@H](NC(=O)c1ccc2cnc(N[C@H]3CC[C@H](O)CC3)nc2c1)c1ccccc1. The molecule has 5 N–H and O–H groups in total. The lowest BCUT2D eigenvalue weighted by Crippen LogP contribution is -2.33. The highest BCUT2D eigenvalue weighted by Crippen LogP contribution is 2.22.